The SMILES string of the molecule is CCCNC1CCCC(Cc2c(C)cccc2C)C1. The third-order valence-electron chi connectivity index (χ3n) is 4.60. The van der Waals surface area contributed by atoms with E-state index in [9.17, 15) is 0 Å². The lowest BCUT2D eigenvalue weighted by molar-refractivity contribution is 0.284. The van der Waals surface area contributed by atoms with Crippen LogP contribution in [0.5, 0.6) is 0 Å². The molecule has 2 rings (SSSR count). The summed E-state index contributed by atoms with van der Waals surface area (Å²) in [6, 6.07) is 7.47. The van der Waals surface area contributed by atoms with Crippen LogP contribution in [0.4, 0.5) is 0 Å². The molecule has 0 amide bonds. The fourth-order valence-electron chi connectivity index (χ4n) is 3.47. The zero-order valence-electron chi connectivity index (χ0n) is 12.8. The average molecular weight is 259 g/mol. The summed E-state index contributed by atoms with van der Waals surface area (Å²) in [4.78, 5) is 0. The summed E-state index contributed by atoms with van der Waals surface area (Å²) < 4.78 is 0. The lowest BCUT2D eigenvalue weighted by Crippen LogP contribution is -2.35. The molecule has 19 heavy (non-hydrogen) atoms. The van der Waals surface area contributed by atoms with Crippen molar-refractivity contribution in [3.05, 3.63) is 34.9 Å². The third kappa shape index (κ3) is 4.07. The van der Waals surface area contributed by atoms with Crippen LogP contribution < -0.4 is 5.32 Å². The van der Waals surface area contributed by atoms with Crippen LogP contribution >= 0.6 is 0 Å². The van der Waals surface area contributed by atoms with E-state index in [0.29, 0.717) is 0 Å². The predicted octanol–water partition coefficient (Wildman–Crippen LogP) is 4.40. The maximum absolute atomic E-state index is 3.72. The van der Waals surface area contributed by atoms with Gasteiger partial charge in [-0.05, 0) is 68.7 Å². The summed E-state index contributed by atoms with van der Waals surface area (Å²) >= 11 is 0. The Kier molecular flexibility index (Phi) is 5.45. The van der Waals surface area contributed by atoms with Crippen LogP contribution in [0.2, 0.25) is 0 Å². The smallest absolute Gasteiger partial charge is 0.00698 e. The highest BCUT2D eigenvalue weighted by atomic mass is 14.9. The van der Waals surface area contributed by atoms with Gasteiger partial charge < -0.3 is 5.32 Å². The second-order valence-electron chi connectivity index (χ2n) is 6.26. The summed E-state index contributed by atoms with van der Waals surface area (Å²) in [6.07, 6.45) is 8.09. The molecule has 2 atom stereocenters. The molecule has 1 N–H and O–H groups in total. The molecule has 1 aromatic carbocycles. The predicted molar refractivity (Wildman–Crippen MR) is 83.7 cm³/mol. The van der Waals surface area contributed by atoms with Crippen molar-refractivity contribution >= 4 is 0 Å². The molecule has 1 aliphatic rings. The van der Waals surface area contributed by atoms with Gasteiger partial charge in [-0.3, -0.25) is 0 Å². The van der Waals surface area contributed by atoms with Gasteiger partial charge in [-0.15, -0.1) is 0 Å². The van der Waals surface area contributed by atoms with E-state index < -0.39 is 0 Å². The van der Waals surface area contributed by atoms with Crippen LogP contribution in [0.3, 0.4) is 0 Å². The van der Waals surface area contributed by atoms with Gasteiger partial charge in [-0.25, -0.2) is 0 Å². The number of hydrogen-bond donors (Lipinski definition) is 1. The molecule has 0 saturated heterocycles. The van der Waals surface area contributed by atoms with Crippen LogP contribution in [0, 0.1) is 19.8 Å². The Morgan fingerprint density at radius 1 is 1.16 bits per heavy atom. The molecule has 106 valence electrons. The van der Waals surface area contributed by atoms with Gasteiger partial charge in [-0.2, -0.15) is 0 Å². The Morgan fingerprint density at radius 3 is 2.58 bits per heavy atom. The molecule has 1 aromatic rings. The Labute approximate surface area is 118 Å². The molecule has 1 saturated carbocycles. The number of aryl methyl sites for hydroxylation is 2. The third-order valence-corrected chi connectivity index (χ3v) is 4.60. The van der Waals surface area contributed by atoms with Gasteiger partial charge in [0.15, 0.2) is 0 Å². The first-order valence-corrected chi connectivity index (χ1v) is 7.99. The number of hydrogen-bond acceptors (Lipinski definition) is 1. The second-order valence-corrected chi connectivity index (χ2v) is 6.26. The molecule has 0 aromatic heterocycles. The summed E-state index contributed by atoms with van der Waals surface area (Å²) in [7, 11) is 0. The number of rotatable bonds is 5. The fraction of sp³-hybridized carbons (Fsp3) is 0.667. The van der Waals surface area contributed by atoms with Gasteiger partial charge in [0.2, 0.25) is 0 Å². The first kappa shape index (κ1) is 14.6. The number of nitrogens with one attached hydrogen (secondary N) is 1. The molecule has 0 bridgehead atoms. The van der Waals surface area contributed by atoms with Gasteiger partial charge in [0.05, 0.1) is 0 Å². The van der Waals surface area contributed by atoms with E-state index in [1.807, 2.05) is 0 Å². The second kappa shape index (κ2) is 7.09. The van der Waals surface area contributed by atoms with Crippen molar-refractivity contribution in [3.63, 3.8) is 0 Å². The Balaban J connectivity index is 1.95. The zero-order valence-corrected chi connectivity index (χ0v) is 12.8. The molecular weight excluding hydrogens is 230 g/mol. The van der Waals surface area contributed by atoms with E-state index in [1.165, 1.54) is 56.2 Å². The van der Waals surface area contributed by atoms with E-state index in [1.54, 1.807) is 5.56 Å². The van der Waals surface area contributed by atoms with Gasteiger partial charge in [-0.1, -0.05) is 38.0 Å². The van der Waals surface area contributed by atoms with Crippen molar-refractivity contribution in [2.24, 2.45) is 5.92 Å². The van der Waals surface area contributed by atoms with Crippen molar-refractivity contribution < 1.29 is 0 Å². The van der Waals surface area contributed by atoms with Crippen LogP contribution in [-0.4, -0.2) is 12.6 Å². The highest BCUT2D eigenvalue weighted by Crippen LogP contribution is 2.29. The van der Waals surface area contributed by atoms with Crippen molar-refractivity contribution in [2.45, 2.75) is 65.3 Å². The lowest BCUT2D eigenvalue weighted by Gasteiger charge is -2.30. The molecule has 0 aliphatic heterocycles. The molecule has 2 unspecified atom stereocenters. The molecule has 1 aliphatic carbocycles. The molecule has 1 nitrogen and oxygen atoms in total. The van der Waals surface area contributed by atoms with Gasteiger partial charge in [0.1, 0.15) is 0 Å². The first-order valence-electron chi connectivity index (χ1n) is 7.99. The van der Waals surface area contributed by atoms with Crippen molar-refractivity contribution in [1.82, 2.24) is 5.32 Å². The van der Waals surface area contributed by atoms with Crippen LogP contribution in [0.1, 0.15) is 55.7 Å². The van der Waals surface area contributed by atoms with Crippen molar-refractivity contribution in [3.8, 4) is 0 Å². The molecule has 0 spiro atoms. The van der Waals surface area contributed by atoms with E-state index in [4.69, 9.17) is 0 Å². The summed E-state index contributed by atoms with van der Waals surface area (Å²) in [5.41, 5.74) is 4.55. The largest absolute Gasteiger partial charge is 0.314 e. The monoisotopic (exact) mass is 259 g/mol. The topological polar surface area (TPSA) is 12.0 Å². The quantitative estimate of drug-likeness (QED) is 0.826. The van der Waals surface area contributed by atoms with Gasteiger partial charge in [0.25, 0.3) is 0 Å². The van der Waals surface area contributed by atoms with Crippen LogP contribution in [-0.2, 0) is 6.42 Å². The van der Waals surface area contributed by atoms with E-state index in [0.717, 1.165) is 12.0 Å². The van der Waals surface area contributed by atoms with Crippen LogP contribution in [0.15, 0.2) is 18.2 Å². The standard InChI is InChI=1S/C18H29N/c1-4-11-19-17-10-6-9-16(12-17)13-18-14(2)7-5-8-15(18)3/h5,7-8,16-17,19H,4,6,9-13H2,1-3H3. The Bertz CT molecular complexity index is 376. The first-order chi connectivity index (χ1) is 9.20. The van der Waals surface area contributed by atoms with E-state index in [-0.39, 0.29) is 0 Å². The minimum Gasteiger partial charge on any atom is -0.314 e. The Hall–Kier alpha value is -0.820. The highest BCUT2D eigenvalue weighted by Gasteiger charge is 2.22. The summed E-state index contributed by atoms with van der Waals surface area (Å²) in [5.74, 6) is 0.878. The minimum atomic E-state index is 0.767. The average Bonchev–Trinajstić information content (AvgIpc) is 2.41. The summed E-state index contributed by atoms with van der Waals surface area (Å²) in [6.45, 7) is 7.96. The Morgan fingerprint density at radius 2 is 1.89 bits per heavy atom. The molecule has 1 heteroatoms. The van der Waals surface area contributed by atoms with Crippen molar-refractivity contribution in [2.75, 3.05) is 6.54 Å². The molecule has 0 radical (unpaired) electrons. The molecule has 0 heterocycles. The van der Waals surface area contributed by atoms with Crippen molar-refractivity contribution in [1.29, 1.82) is 0 Å². The number of benzene rings is 1. The van der Waals surface area contributed by atoms with Crippen LogP contribution in [0.25, 0.3) is 0 Å². The maximum atomic E-state index is 3.72. The zero-order chi connectivity index (χ0) is 13.7. The summed E-state index contributed by atoms with van der Waals surface area (Å²) in [5, 5.41) is 3.72. The lowest BCUT2D eigenvalue weighted by atomic mass is 9.80. The van der Waals surface area contributed by atoms with E-state index >= 15 is 0 Å². The minimum absolute atomic E-state index is 0.767. The fourth-order valence-corrected chi connectivity index (χ4v) is 3.47. The van der Waals surface area contributed by atoms with Gasteiger partial charge in [0, 0.05) is 6.04 Å². The normalized spacial score (nSPS) is 23.5. The van der Waals surface area contributed by atoms with Gasteiger partial charge >= 0.3 is 0 Å². The van der Waals surface area contributed by atoms with E-state index in [2.05, 4.69) is 44.3 Å². The molecular formula is C18H29N. The maximum Gasteiger partial charge on any atom is 0.00698 e. The highest BCUT2D eigenvalue weighted by molar-refractivity contribution is 5.33. The molecule has 1 fully saturated rings.